The van der Waals surface area contributed by atoms with Crippen LogP contribution in [0.2, 0.25) is 0 Å². The Morgan fingerprint density at radius 1 is 1.17 bits per heavy atom. The molecule has 0 saturated carbocycles. The normalized spacial score (nSPS) is 10.1. The maximum absolute atomic E-state index is 12.2. The van der Waals surface area contributed by atoms with Gasteiger partial charge in [0, 0.05) is 6.20 Å². The summed E-state index contributed by atoms with van der Waals surface area (Å²) < 4.78 is 0. The minimum absolute atomic E-state index is 0.258. The summed E-state index contributed by atoms with van der Waals surface area (Å²) in [6, 6.07) is 10.1. The zero-order valence-corrected chi connectivity index (χ0v) is 11.9. The zero-order valence-electron chi connectivity index (χ0n) is 11.9. The van der Waals surface area contributed by atoms with Gasteiger partial charge in [-0.15, -0.1) is 0 Å². The highest BCUT2D eigenvalue weighted by molar-refractivity contribution is 6.02. The van der Waals surface area contributed by atoms with Crippen LogP contribution < -0.4 is 10.6 Å². The lowest BCUT2D eigenvalue weighted by atomic mass is 10.2. The first kappa shape index (κ1) is 14.4. The predicted molar refractivity (Wildman–Crippen MR) is 83.7 cm³/mol. The first-order valence-corrected chi connectivity index (χ1v) is 6.70. The SMILES string of the molecule is O=CNc1ccc(NC(=O)c2cccc(-c3ccn[nH]3)n2)nc1. The van der Waals surface area contributed by atoms with E-state index in [0.29, 0.717) is 23.6 Å². The molecule has 0 fully saturated rings. The Balaban J connectivity index is 1.75. The van der Waals surface area contributed by atoms with E-state index in [-0.39, 0.29) is 11.6 Å². The number of hydrogen-bond acceptors (Lipinski definition) is 5. The average molecular weight is 308 g/mol. The van der Waals surface area contributed by atoms with E-state index in [9.17, 15) is 9.59 Å². The topological polar surface area (TPSA) is 113 Å². The van der Waals surface area contributed by atoms with Gasteiger partial charge in [0.15, 0.2) is 0 Å². The number of anilines is 2. The van der Waals surface area contributed by atoms with Crippen molar-refractivity contribution in [2.24, 2.45) is 0 Å². The molecule has 0 atom stereocenters. The molecular formula is C15H12N6O2. The van der Waals surface area contributed by atoms with Gasteiger partial charge in [-0.25, -0.2) is 9.97 Å². The van der Waals surface area contributed by atoms with Crippen molar-refractivity contribution in [1.82, 2.24) is 20.2 Å². The van der Waals surface area contributed by atoms with E-state index in [0.717, 1.165) is 5.69 Å². The summed E-state index contributed by atoms with van der Waals surface area (Å²) >= 11 is 0. The lowest BCUT2D eigenvalue weighted by Gasteiger charge is -2.06. The lowest BCUT2D eigenvalue weighted by Crippen LogP contribution is -2.14. The third kappa shape index (κ3) is 3.38. The summed E-state index contributed by atoms with van der Waals surface area (Å²) in [6.45, 7) is 0. The second-order valence-corrected chi connectivity index (χ2v) is 4.53. The molecule has 3 aromatic heterocycles. The molecule has 8 heteroatoms. The highest BCUT2D eigenvalue weighted by atomic mass is 16.2. The predicted octanol–water partition coefficient (Wildman–Crippen LogP) is 1.69. The molecule has 0 bridgehead atoms. The number of nitrogens with zero attached hydrogens (tertiary/aromatic N) is 3. The second-order valence-electron chi connectivity index (χ2n) is 4.53. The van der Waals surface area contributed by atoms with E-state index in [4.69, 9.17) is 0 Å². The van der Waals surface area contributed by atoms with Crippen molar-refractivity contribution in [2.45, 2.75) is 0 Å². The number of aromatic amines is 1. The fraction of sp³-hybridized carbons (Fsp3) is 0. The Kier molecular flexibility index (Phi) is 4.05. The molecule has 0 spiro atoms. The molecule has 0 saturated heterocycles. The number of carbonyl (C=O) groups excluding carboxylic acids is 2. The lowest BCUT2D eigenvalue weighted by molar-refractivity contribution is -0.105. The van der Waals surface area contributed by atoms with Crippen molar-refractivity contribution in [3.8, 4) is 11.4 Å². The number of amides is 2. The minimum atomic E-state index is -0.380. The second kappa shape index (κ2) is 6.48. The highest BCUT2D eigenvalue weighted by Crippen LogP contribution is 2.14. The summed E-state index contributed by atoms with van der Waals surface area (Å²) in [5.41, 5.74) is 2.14. The van der Waals surface area contributed by atoms with Crippen molar-refractivity contribution in [2.75, 3.05) is 10.6 Å². The summed E-state index contributed by atoms with van der Waals surface area (Å²) in [6.07, 6.45) is 3.61. The number of aromatic nitrogens is 4. The molecule has 0 aromatic carbocycles. The van der Waals surface area contributed by atoms with Crippen LogP contribution in [-0.2, 0) is 4.79 Å². The van der Waals surface area contributed by atoms with Gasteiger partial charge < -0.3 is 10.6 Å². The number of rotatable bonds is 5. The number of nitrogens with one attached hydrogen (secondary N) is 3. The van der Waals surface area contributed by atoms with Crippen LogP contribution in [0.1, 0.15) is 10.5 Å². The van der Waals surface area contributed by atoms with Gasteiger partial charge in [-0.1, -0.05) is 6.07 Å². The van der Waals surface area contributed by atoms with Crippen LogP contribution in [0.25, 0.3) is 11.4 Å². The fourth-order valence-electron chi connectivity index (χ4n) is 1.91. The zero-order chi connectivity index (χ0) is 16.1. The monoisotopic (exact) mass is 308 g/mol. The molecule has 0 aliphatic carbocycles. The molecule has 0 aliphatic heterocycles. The van der Waals surface area contributed by atoms with Gasteiger partial charge in [-0.05, 0) is 30.3 Å². The molecule has 3 aromatic rings. The Morgan fingerprint density at radius 3 is 2.78 bits per heavy atom. The van der Waals surface area contributed by atoms with Gasteiger partial charge in [0.25, 0.3) is 5.91 Å². The van der Waals surface area contributed by atoms with Crippen molar-refractivity contribution in [3.05, 3.63) is 54.5 Å². The number of H-pyrrole nitrogens is 1. The van der Waals surface area contributed by atoms with Gasteiger partial charge in [-0.2, -0.15) is 5.10 Å². The number of pyridine rings is 2. The first-order chi connectivity index (χ1) is 11.3. The molecular weight excluding hydrogens is 296 g/mol. The number of carbonyl (C=O) groups is 2. The Hall–Kier alpha value is -3.55. The molecule has 0 unspecified atom stereocenters. The molecule has 0 radical (unpaired) electrons. The van der Waals surface area contributed by atoms with Crippen molar-refractivity contribution in [1.29, 1.82) is 0 Å². The first-order valence-electron chi connectivity index (χ1n) is 6.70. The Morgan fingerprint density at radius 2 is 2.09 bits per heavy atom. The molecule has 2 amide bonds. The fourth-order valence-corrected chi connectivity index (χ4v) is 1.91. The summed E-state index contributed by atoms with van der Waals surface area (Å²) in [7, 11) is 0. The van der Waals surface area contributed by atoms with Crippen molar-refractivity contribution >= 4 is 23.8 Å². The van der Waals surface area contributed by atoms with Crippen molar-refractivity contribution in [3.63, 3.8) is 0 Å². The maximum atomic E-state index is 12.2. The average Bonchev–Trinajstić information content (AvgIpc) is 3.12. The Bertz CT molecular complexity index is 814. The van der Waals surface area contributed by atoms with E-state index in [2.05, 4.69) is 30.8 Å². The molecule has 8 nitrogen and oxygen atoms in total. The van der Waals surface area contributed by atoms with Gasteiger partial charge in [0.05, 0.1) is 23.3 Å². The van der Waals surface area contributed by atoms with Crippen LogP contribution in [-0.4, -0.2) is 32.5 Å². The molecule has 0 aliphatic rings. The van der Waals surface area contributed by atoms with Crippen LogP contribution in [0.4, 0.5) is 11.5 Å². The number of hydrogen-bond donors (Lipinski definition) is 3. The van der Waals surface area contributed by atoms with E-state index < -0.39 is 0 Å². The van der Waals surface area contributed by atoms with Crippen molar-refractivity contribution < 1.29 is 9.59 Å². The van der Waals surface area contributed by atoms with Crippen LogP contribution in [0, 0.1) is 0 Å². The smallest absolute Gasteiger partial charge is 0.275 e. The highest BCUT2D eigenvalue weighted by Gasteiger charge is 2.10. The summed E-state index contributed by atoms with van der Waals surface area (Å²) in [5.74, 6) is -0.0184. The maximum Gasteiger partial charge on any atom is 0.275 e. The quantitative estimate of drug-likeness (QED) is 0.621. The third-order valence-electron chi connectivity index (χ3n) is 2.99. The molecule has 3 rings (SSSR count). The van der Waals surface area contributed by atoms with Gasteiger partial charge >= 0.3 is 0 Å². The summed E-state index contributed by atoms with van der Waals surface area (Å²) in [4.78, 5) is 30.9. The minimum Gasteiger partial charge on any atom is -0.327 e. The van der Waals surface area contributed by atoms with Crippen LogP contribution in [0.15, 0.2) is 48.8 Å². The van der Waals surface area contributed by atoms with E-state index in [1.165, 1.54) is 6.20 Å². The van der Waals surface area contributed by atoms with Gasteiger partial charge in [-0.3, -0.25) is 14.7 Å². The van der Waals surface area contributed by atoms with E-state index in [1.54, 1.807) is 42.6 Å². The molecule has 114 valence electrons. The van der Waals surface area contributed by atoms with E-state index >= 15 is 0 Å². The van der Waals surface area contributed by atoms with E-state index in [1.807, 2.05) is 0 Å². The molecule has 3 N–H and O–H groups in total. The third-order valence-corrected chi connectivity index (χ3v) is 2.99. The Labute approximate surface area is 131 Å². The summed E-state index contributed by atoms with van der Waals surface area (Å²) in [5, 5.41) is 11.8. The standard InChI is InChI=1S/C15H12N6O2/c22-9-17-10-4-5-14(16-8-10)20-15(23)13-3-1-2-11(19-13)12-6-7-18-21-12/h1-9H,(H,17,22)(H,18,21)(H,16,20,23). The van der Waals surface area contributed by atoms with Gasteiger partial charge in [0.2, 0.25) is 6.41 Å². The van der Waals surface area contributed by atoms with Crippen LogP contribution in [0.5, 0.6) is 0 Å². The molecule has 23 heavy (non-hydrogen) atoms. The largest absolute Gasteiger partial charge is 0.327 e. The van der Waals surface area contributed by atoms with Crippen LogP contribution in [0.3, 0.4) is 0 Å². The van der Waals surface area contributed by atoms with Gasteiger partial charge in [0.1, 0.15) is 11.5 Å². The molecule has 3 heterocycles. The van der Waals surface area contributed by atoms with Crippen LogP contribution >= 0.6 is 0 Å².